The maximum atomic E-state index is 13.4. The van der Waals surface area contributed by atoms with Crippen molar-refractivity contribution in [2.45, 2.75) is 80.4 Å². The second-order valence-corrected chi connectivity index (χ2v) is 12.0. The average molecular weight is 541 g/mol. The molecule has 0 saturated carbocycles. The monoisotopic (exact) mass is 540 g/mol. The number of anilines is 1. The second-order valence-electron chi connectivity index (χ2n) is 12.0. The molecular formula is C30H40N2O7. The number of rotatable bonds is 6. The van der Waals surface area contributed by atoms with Crippen LogP contribution in [0.2, 0.25) is 0 Å². The molecule has 2 aromatic rings. The first-order chi connectivity index (χ1) is 18.0. The van der Waals surface area contributed by atoms with Crippen LogP contribution >= 0.6 is 0 Å². The summed E-state index contributed by atoms with van der Waals surface area (Å²) in [6, 6.07) is 7.24. The van der Waals surface area contributed by atoms with Crippen molar-refractivity contribution in [2.75, 3.05) is 18.6 Å². The Morgan fingerprint density at radius 3 is 2.13 bits per heavy atom. The van der Waals surface area contributed by atoms with Crippen LogP contribution in [0, 0.1) is 19.3 Å². The van der Waals surface area contributed by atoms with Crippen LogP contribution in [0.15, 0.2) is 54.7 Å². The fraction of sp³-hybridized carbons (Fsp3) is 0.500. The smallest absolute Gasteiger partial charge is 0.466 e. The zero-order valence-corrected chi connectivity index (χ0v) is 24.6. The summed E-state index contributed by atoms with van der Waals surface area (Å²) in [4.78, 5) is 40.1. The number of aryl methyl sites for hydroxylation is 2. The maximum Gasteiger partial charge on any atom is 0.520 e. The van der Waals surface area contributed by atoms with Crippen molar-refractivity contribution in [2.24, 2.45) is 5.41 Å². The molecule has 1 amide bonds. The number of hydrogen-bond donors (Lipinski definition) is 1. The molecule has 9 nitrogen and oxygen atoms in total. The Kier molecular flexibility index (Phi) is 8.53. The molecule has 212 valence electrons. The van der Waals surface area contributed by atoms with Gasteiger partial charge < -0.3 is 28.5 Å². The Morgan fingerprint density at radius 2 is 1.64 bits per heavy atom. The number of nitrogens with one attached hydrogen (secondary N) is 1. The molecule has 0 aliphatic carbocycles. The number of allylic oxidation sites excluding steroid dienone is 1. The predicted molar refractivity (Wildman–Crippen MR) is 149 cm³/mol. The maximum absolute atomic E-state index is 13.4. The Morgan fingerprint density at radius 1 is 1.03 bits per heavy atom. The van der Waals surface area contributed by atoms with Crippen molar-refractivity contribution >= 4 is 23.5 Å². The molecule has 1 N–H and O–H groups in total. The zero-order chi connectivity index (χ0) is 29.3. The number of benzene rings is 1. The van der Waals surface area contributed by atoms with Crippen LogP contribution in [0.3, 0.4) is 0 Å². The van der Waals surface area contributed by atoms with Gasteiger partial charge in [0, 0.05) is 17.8 Å². The van der Waals surface area contributed by atoms with E-state index in [1.807, 2.05) is 43.0 Å². The summed E-state index contributed by atoms with van der Waals surface area (Å²) < 4.78 is 21.5. The summed E-state index contributed by atoms with van der Waals surface area (Å²) in [5, 5.41) is 2.87. The standard InChI is InChI=1S/C30H40N2O7/c1-17-11-13-20(14-12-17)24-21(16-31-27(34)39-30(7,8)9)22(15-29(4,5)6)32(18(2)23(24)26(33)36-10)25-19(3)37-28(35)38-25/h11-14,18H,15-16H2,1-10H3,(H,31,34). The molecule has 0 radical (unpaired) electrons. The van der Waals surface area contributed by atoms with E-state index in [0.717, 1.165) is 16.8 Å². The summed E-state index contributed by atoms with van der Waals surface area (Å²) in [6.45, 7) is 17.2. The van der Waals surface area contributed by atoms with Gasteiger partial charge in [-0.25, -0.2) is 14.4 Å². The number of alkyl carbamates (subject to hydrolysis) is 1. The normalized spacial score (nSPS) is 16.5. The summed E-state index contributed by atoms with van der Waals surface area (Å²) in [7, 11) is 1.33. The van der Waals surface area contributed by atoms with E-state index in [4.69, 9.17) is 18.3 Å². The van der Waals surface area contributed by atoms with E-state index in [2.05, 4.69) is 26.1 Å². The molecule has 1 atom stereocenters. The first-order valence-corrected chi connectivity index (χ1v) is 13.0. The Hall–Kier alpha value is -3.75. The van der Waals surface area contributed by atoms with E-state index in [9.17, 15) is 14.4 Å². The highest BCUT2D eigenvalue weighted by molar-refractivity contribution is 6.05. The number of nitrogens with zero attached hydrogens (tertiary/aromatic N) is 1. The third-order valence-electron chi connectivity index (χ3n) is 6.20. The zero-order valence-electron chi connectivity index (χ0n) is 24.6. The van der Waals surface area contributed by atoms with Crippen LogP contribution in [-0.2, 0) is 14.3 Å². The fourth-order valence-corrected chi connectivity index (χ4v) is 4.67. The van der Waals surface area contributed by atoms with Crippen LogP contribution in [0.4, 0.5) is 10.7 Å². The third-order valence-corrected chi connectivity index (χ3v) is 6.20. The number of ether oxygens (including phenoxy) is 2. The third kappa shape index (κ3) is 7.02. The minimum absolute atomic E-state index is 0.0500. The Bertz CT molecular complexity index is 1350. The minimum Gasteiger partial charge on any atom is -0.466 e. The number of esters is 1. The molecular weight excluding hydrogens is 500 g/mol. The highest BCUT2D eigenvalue weighted by Gasteiger charge is 2.41. The van der Waals surface area contributed by atoms with Gasteiger partial charge in [-0.3, -0.25) is 0 Å². The lowest BCUT2D eigenvalue weighted by Crippen LogP contribution is -2.44. The van der Waals surface area contributed by atoms with Gasteiger partial charge in [-0.2, -0.15) is 0 Å². The van der Waals surface area contributed by atoms with Crippen molar-refractivity contribution in [3.05, 3.63) is 68.6 Å². The van der Waals surface area contributed by atoms with Crippen molar-refractivity contribution in [3.8, 4) is 0 Å². The van der Waals surface area contributed by atoms with Crippen LogP contribution in [-0.4, -0.2) is 37.4 Å². The van der Waals surface area contributed by atoms with Crippen LogP contribution < -0.4 is 16.0 Å². The van der Waals surface area contributed by atoms with Crippen molar-refractivity contribution < 1.29 is 27.9 Å². The van der Waals surface area contributed by atoms with Gasteiger partial charge in [0.05, 0.1) is 18.7 Å². The quantitative estimate of drug-likeness (QED) is 0.451. The molecule has 1 aromatic heterocycles. The lowest BCUT2D eigenvalue weighted by Gasteiger charge is -2.41. The summed E-state index contributed by atoms with van der Waals surface area (Å²) in [6.07, 6.45) is -0.0648. The average Bonchev–Trinajstić information content (AvgIpc) is 3.13. The molecule has 0 bridgehead atoms. The summed E-state index contributed by atoms with van der Waals surface area (Å²) >= 11 is 0. The second kappa shape index (κ2) is 11.2. The minimum atomic E-state index is -0.842. The topological polar surface area (TPSA) is 111 Å². The number of carbonyl (C=O) groups excluding carboxylic acids is 2. The largest absolute Gasteiger partial charge is 0.520 e. The van der Waals surface area contributed by atoms with Gasteiger partial charge in [0.2, 0.25) is 5.88 Å². The van der Waals surface area contributed by atoms with E-state index in [0.29, 0.717) is 23.1 Å². The fourth-order valence-electron chi connectivity index (χ4n) is 4.67. The van der Waals surface area contributed by atoms with Gasteiger partial charge in [-0.1, -0.05) is 50.6 Å². The van der Waals surface area contributed by atoms with Crippen LogP contribution in [0.5, 0.6) is 0 Å². The lowest BCUT2D eigenvalue weighted by molar-refractivity contribution is -0.136. The van der Waals surface area contributed by atoms with Crippen molar-refractivity contribution in [1.29, 1.82) is 0 Å². The van der Waals surface area contributed by atoms with Crippen LogP contribution in [0.25, 0.3) is 5.57 Å². The van der Waals surface area contributed by atoms with Gasteiger partial charge in [0.1, 0.15) is 5.60 Å². The molecule has 2 heterocycles. The van der Waals surface area contributed by atoms with E-state index in [-0.39, 0.29) is 23.6 Å². The van der Waals surface area contributed by atoms with Gasteiger partial charge in [0.15, 0.2) is 5.76 Å². The van der Waals surface area contributed by atoms with Crippen molar-refractivity contribution in [1.82, 2.24) is 5.32 Å². The number of amides is 1. The first kappa shape index (κ1) is 29.8. The molecule has 3 rings (SSSR count). The lowest BCUT2D eigenvalue weighted by atomic mass is 9.79. The molecule has 0 fully saturated rings. The van der Waals surface area contributed by atoms with Gasteiger partial charge >= 0.3 is 17.9 Å². The summed E-state index contributed by atoms with van der Waals surface area (Å²) in [5.41, 5.74) is 3.43. The molecule has 1 aliphatic heterocycles. The SMILES string of the molecule is COC(=O)C1=C(c2ccc(C)cc2)C(CNC(=O)OC(C)(C)C)=C(CC(C)(C)C)N(c2oc(=O)oc2C)C1C. The molecule has 1 unspecified atom stereocenters. The highest BCUT2D eigenvalue weighted by Crippen LogP contribution is 2.45. The van der Waals surface area contributed by atoms with E-state index >= 15 is 0 Å². The molecule has 0 spiro atoms. The first-order valence-electron chi connectivity index (χ1n) is 13.0. The number of methoxy groups -OCH3 is 1. The van der Waals surface area contributed by atoms with E-state index in [1.54, 1.807) is 27.7 Å². The van der Waals surface area contributed by atoms with E-state index < -0.39 is 29.5 Å². The summed E-state index contributed by atoms with van der Waals surface area (Å²) in [5.74, 6) is -0.895. The highest BCUT2D eigenvalue weighted by atomic mass is 16.6. The molecule has 1 aromatic carbocycles. The number of carbonyl (C=O) groups is 2. The molecule has 39 heavy (non-hydrogen) atoms. The molecule has 1 aliphatic rings. The van der Waals surface area contributed by atoms with Gasteiger partial charge in [0.25, 0.3) is 0 Å². The van der Waals surface area contributed by atoms with Crippen molar-refractivity contribution in [3.63, 3.8) is 0 Å². The number of hydrogen-bond acceptors (Lipinski definition) is 8. The Labute approximate surface area is 229 Å². The Balaban J connectivity index is 2.37. The molecule has 9 heteroatoms. The van der Waals surface area contributed by atoms with Crippen LogP contribution in [0.1, 0.15) is 71.8 Å². The van der Waals surface area contributed by atoms with Gasteiger partial charge in [-0.05, 0) is 64.5 Å². The molecule has 0 saturated heterocycles. The predicted octanol–water partition coefficient (Wildman–Crippen LogP) is 5.90. The van der Waals surface area contributed by atoms with E-state index in [1.165, 1.54) is 7.11 Å². The van der Waals surface area contributed by atoms with Gasteiger partial charge in [-0.15, -0.1) is 0 Å².